The number of carbonyl (C=O) groups excluding carboxylic acids is 3. The van der Waals surface area contributed by atoms with Crippen molar-refractivity contribution >= 4 is 17.7 Å². The Hall–Kier alpha value is -2.29. The molecule has 8 nitrogen and oxygen atoms in total. The molecule has 2 fully saturated rings. The van der Waals surface area contributed by atoms with E-state index in [2.05, 4.69) is 16.0 Å². The van der Waals surface area contributed by atoms with Gasteiger partial charge in [-0.3, -0.25) is 19.7 Å². The van der Waals surface area contributed by atoms with E-state index in [1.54, 1.807) is 4.90 Å². The summed E-state index contributed by atoms with van der Waals surface area (Å²) >= 11 is 0. The number of imide groups is 1. The van der Waals surface area contributed by atoms with E-state index in [9.17, 15) is 19.5 Å². The monoisotopic (exact) mass is 372 g/mol. The fraction of sp³-hybridized carbons (Fsp3) is 0.526. The van der Waals surface area contributed by atoms with Gasteiger partial charge in [-0.2, -0.15) is 0 Å². The first-order valence-corrected chi connectivity index (χ1v) is 9.40. The van der Waals surface area contributed by atoms with Crippen molar-refractivity contribution in [3.05, 3.63) is 34.9 Å². The lowest BCUT2D eigenvalue weighted by atomic mass is 10.0. The van der Waals surface area contributed by atoms with Gasteiger partial charge in [-0.15, -0.1) is 0 Å². The van der Waals surface area contributed by atoms with Crippen molar-refractivity contribution in [2.45, 2.75) is 50.5 Å². The summed E-state index contributed by atoms with van der Waals surface area (Å²) in [6, 6.07) is 5.41. The number of nitrogens with zero attached hydrogens (tertiary/aromatic N) is 1. The van der Waals surface area contributed by atoms with Crippen LogP contribution in [0.2, 0.25) is 0 Å². The number of piperidine rings is 2. The number of carbonyl (C=O) groups is 3. The third-order valence-corrected chi connectivity index (χ3v) is 5.51. The van der Waals surface area contributed by atoms with E-state index in [-0.39, 0.29) is 30.4 Å². The molecule has 1 unspecified atom stereocenters. The van der Waals surface area contributed by atoms with E-state index in [0.717, 1.165) is 17.7 Å². The van der Waals surface area contributed by atoms with Crippen LogP contribution in [-0.2, 0) is 22.7 Å². The molecule has 3 amide bonds. The molecule has 3 aliphatic rings. The summed E-state index contributed by atoms with van der Waals surface area (Å²) in [6.45, 7) is 2.44. The van der Waals surface area contributed by atoms with Crippen molar-refractivity contribution < 1.29 is 19.5 Å². The molecule has 144 valence electrons. The molecule has 0 spiro atoms. The maximum atomic E-state index is 12.8. The third-order valence-electron chi connectivity index (χ3n) is 5.51. The molecule has 8 heteroatoms. The number of aliphatic hydroxyl groups is 1. The number of β-amino-alcohol motifs (C(OH)–C–C–N with tert-alkyl or cyclic N) is 1. The number of aliphatic hydroxyl groups excluding tert-OH is 1. The van der Waals surface area contributed by atoms with Crippen molar-refractivity contribution in [2.75, 3.05) is 13.1 Å². The second-order valence-electron chi connectivity index (χ2n) is 7.52. The molecular formula is C19H24N4O4. The first-order chi connectivity index (χ1) is 13.0. The average Bonchev–Trinajstić information content (AvgIpc) is 2.96. The zero-order valence-electron chi connectivity index (χ0n) is 15.0. The standard InChI is InChI=1S/C19H24N4O4/c24-14-6-13(8-20-9-14)21-7-11-1-2-12-10-23(19(27)15(12)5-11)16-3-4-17(25)22-18(16)26/h1-2,5,13-14,16,20-21,24H,3-4,6-10H2,(H,22,25,26)/t13-,14-,16?/m0/s1. The van der Waals surface area contributed by atoms with Crippen LogP contribution in [0.1, 0.15) is 40.7 Å². The van der Waals surface area contributed by atoms with E-state index >= 15 is 0 Å². The largest absolute Gasteiger partial charge is 0.392 e. The molecule has 2 saturated heterocycles. The minimum Gasteiger partial charge on any atom is -0.392 e. The molecule has 4 N–H and O–H groups in total. The summed E-state index contributed by atoms with van der Waals surface area (Å²) in [7, 11) is 0. The van der Waals surface area contributed by atoms with Gasteiger partial charge in [-0.05, 0) is 30.0 Å². The second kappa shape index (κ2) is 7.38. The summed E-state index contributed by atoms with van der Waals surface area (Å²) in [5.41, 5.74) is 2.52. The van der Waals surface area contributed by atoms with Crippen LogP contribution in [0.25, 0.3) is 0 Å². The van der Waals surface area contributed by atoms with Crippen molar-refractivity contribution in [1.82, 2.24) is 20.9 Å². The van der Waals surface area contributed by atoms with Gasteiger partial charge in [0, 0.05) is 44.2 Å². The van der Waals surface area contributed by atoms with Gasteiger partial charge in [0.15, 0.2) is 0 Å². The minimum absolute atomic E-state index is 0.156. The van der Waals surface area contributed by atoms with Gasteiger partial charge >= 0.3 is 0 Å². The lowest BCUT2D eigenvalue weighted by Crippen LogP contribution is -2.52. The molecule has 0 bridgehead atoms. The zero-order valence-corrected chi connectivity index (χ0v) is 15.0. The molecule has 4 rings (SSSR count). The Morgan fingerprint density at radius 3 is 2.85 bits per heavy atom. The van der Waals surface area contributed by atoms with Gasteiger partial charge in [0.05, 0.1) is 6.10 Å². The predicted octanol–water partition coefficient (Wildman–Crippen LogP) is -0.740. The number of nitrogens with one attached hydrogen (secondary N) is 3. The maximum absolute atomic E-state index is 12.8. The molecule has 0 aliphatic carbocycles. The molecule has 0 saturated carbocycles. The predicted molar refractivity (Wildman–Crippen MR) is 96.6 cm³/mol. The van der Waals surface area contributed by atoms with E-state index in [0.29, 0.717) is 38.0 Å². The van der Waals surface area contributed by atoms with Gasteiger partial charge in [0.1, 0.15) is 6.04 Å². The number of amides is 3. The fourth-order valence-corrected chi connectivity index (χ4v) is 4.05. The topological polar surface area (TPSA) is 111 Å². The Bertz CT molecular complexity index is 781. The Kier molecular flexibility index (Phi) is 4.94. The normalized spacial score (nSPS) is 28.3. The van der Waals surface area contributed by atoms with Crippen molar-refractivity contribution in [3.8, 4) is 0 Å². The number of hydrogen-bond donors (Lipinski definition) is 4. The third kappa shape index (κ3) is 3.73. The molecule has 3 heterocycles. The van der Waals surface area contributed by atoms with Crippen LogP contribution < -0.4 is 16.0 Å². The Morgan fingerprint density at radius 1 is 1.22 bits per heavy atom. The van der Waals surface area contributed by atoms with E-state index < -0.39 is 11.9 Å². The quantitative estimate of drug-likeness (QED) is 0.518. The van der Waals surface area contributed by atoms with E-state index in [4.69, 9.17) is 0 Å². The van der Waals surface area contributed by atoms with E-state index in [1.165, 1.54) is 0 Å². The van der Waals surface area contributed by atoms with E-state index in [1.807, 2.05) is 18.2 Å². The number of benzene rings is 1. The highest BCUT2D eigenvalue weighted by Crippen LogP contribution is 2.28. The fourth-order valence-electron chi connectivity index (χ4n) is 4.05. The molecule has 3 atom stereocenters. The molecular weight excluding hydrogens is 348 g/mol. The first-order valence-electron chi connectivity index (χ1n) is 9.40. The second-order valence-corrected chi connectivity index (χ2v) is 7.52. The number of fused-ring (bicyclic) bond motifs is 1. The van der Waals surface area contributed by atoms with Crippen LogP contribution >= 0.6 is 0 Å². The summed E-state index contributed by atoms with van der Waals surface area (Å²) in [5, 5.41) is 18.6. The van der Waals surface area contributed by atoms with Crippen LogP contribution in [0.4, 0.5) is 0 Å². The lowest BCUT2D eigenvalue weighted by Gasteiger charge is -2.29. The molecule has 0 aromatic heterocycles. The van der Waals surface area contributed by atoms with Crippen LogP contribution in [0, 0.1) is 0 Å². The molecule has 0 radical (unpaired) electrons. The summed E-state index contributed by atoms with van der Waals surface area (Å²) in [4.78, 5) is 37.8. The maximum Gasteiger partial charge on any atom is 0.255 e. The van der Waals surface area contributed by atoms with Gasteiger partial charge in [-0.25, -0.2) is 0 Å². The summed E-state index contributed by atoms with van der Waals surface area (Å²) in [6.07, 6.45) is 1.00. The van der Waals surface area contributed by atoms with Gasteiger partial charge in [-0.1, -0.05) is 12.1 Å². The Morgan fingerprint density at radius 2 is 2.07 bits per heavy atom. The minimum atomic E-state index is -0.584. The van der Waals surface area contributed by atoms with Gasteiger partial charge < -0.3 is 20.6 Å². The lowest BCUT2D eigenvalue weighted by molar-refractivity contribution is -0.136. The van der Waals surface area contributed by atoms with Gasteiger partial charge in [0.2, 0.25) is 11.8 Å². The van der Waals surface area contributed by atoms with Crippen LogP contribution in [0.15, 0.2) is 18.2 Å². The molecule has 27 heavy (non-hydrogen) atoms. The SMILES string of the molecule is O=C1CCC(N2Cc3ccc(CN[C@@H]4CNC[C@@H](O)C4)cc3C2=O)C(=O)N1. The van der Waals surface area contributed by atoms with Crippen molar-refractivity contribution in [3.63, 3.8) is 0 Å². The molecule has 3 aliphatic heterocycles. The average molecular weight is 372 g/mol. The highest BCUT2D eigenvalue weighted by atomic mass is 16.3. The highest BCUT2D eigenvalue weighted by Gasteiger charge is 2.39. The smallest absolute Gasteiger partial charge is 0.255 e. The van der Waals surface area contributed by atoms with Crippen LogP contribution in [-0.4, -0.2) is 59.0 Å². The zero-order chi connectivity index (χ0) is 19.0. The van der Waals surface area contributed by atoms with Gasteiger partial charge in [0.25, 0.3) is 5.91 Å². The molecule has 1 aromatic rings. The summed E-state index contributed by atoms with van der Waals surface area (Å²) < 4.78 is 0. The first kappa shape index (κ1) is 18.1. The Balaban J connectivity index is 1.42. The van der Waals surface area contributed by atoms with Crippen LogP contribution in [0.5, 0.6) is 0 Å². The van der Waals surface area contributed by atoms with Crippen molar-refractivity contribution in [1.29, 1.82) is 0 Å². The number of hydrogen-bond acceptors (Lipinski definition) is 6. The molecule has 1 aromatic carbocycles. The Labute approximate surface area is 157 Å². The summed E-state index contributed by atoms with van der Waals surface area (Å²) in [5.74, 6) is -0.829. The van der Waals surface area contributed by atoms with Crippen LogP contribution in [0.3, 0.4) is 0 Å². The highest BCUT2D eigenvalue weighted by molar-refractivity contribution is 6.05. The van der Waals surface area contributed by atoms with Crippen molar-refractivity contribution in [2.24, 2.45) is 0 Å². The number of rotatable bonds is 4.